The van der Waals surface area contributed by atoms with Crippen LogP contribution in [-0.2, 0) is 4.74 Å². The lowest BCUT2D eigenvalue weighted by molar-refractivity contribution is 0.162. The molecule has 2 N–H and O–H groups in total. The van der Waals surface area contributed by atoms with Gasteiger partial charge in [-0.3, -0.25) is 5.32 Å². The average molecular weight is 258 g/mol. The summed E-state index contributed by atoms with van der Waals surface area (Å²) in [5, 5.41) is 7.96. The molecule has 2 rings (SSSR count). The summed E-state index contributed by atoms with van der Waals surface area (Å²) in [5.74, 6) is 0. The SMILES string of the molecule is CCNCCOC(=O)Nc1cccc2ccccc12. The molecular weight excluding hydrogens is 240 g/mol. The van der Waals surface area contributed by atoms with Crippen molar-refractivity contribution in [3.8, 4) is 0 Å². The van der Waals surface area contributed by atoms with E-state index in [1.807, 2.05) is 49.4 Å². The van der Waals surface area contributed by atoms with E-state index in [0.717, 1.165) is 23.0 Å². The van der Waals surface area contributed by atoms with Gasteiger partial charge in [-0.2, -0.15) is 0 Å². The molecule has 2 aromatic carbocycles. The summed E-state index contributed by atoms with van der Waals surface area (Å²) >= 11 is 0. The van der Waals surface area contributed by atoms with Crippen LogP contribution >= 0.6 is 0 Å². The monoisotopic (exact) mass is 258 g/mol. The van der Waals surface area contributed by atoms with Gasteiger partial charge >= 0.3 is 6.09 Å². The fraction of sp³-hybridized carbons (Fsp3) is 0.267. The molecular formula is C15H18N2O2. The summed E-state index contributed by atoms with van der Waals surface area (Å²) < 4.78 is 5.08. The van der Waals surface area contributed by atoms with E-state index in [9.17, 15) is 4.79 Å². The molecule has 0 aliphatic rings. The normalized spacial score (nSPS) is 10.4. The maximum absolute atomic E-state index is 11.7. The molecule has 0 saturated carbocycles. The van der Waals surface area contributed by atoms with Crippen LogP contribution in [0.4, 0.5) is 10.5 Å². The van der Waals surface area contributed by atoms with Crippen LogP contribution in [0.15, 0.2) is 42.5 Å². The van der Waals surface area contributed by atoms with Gasteiger partial charge in [0.2, 0.25) is 0 Å². The number of hydrogen-bond acceptors (Lipinski definition) is 3. The lowest BCUT2D eigenvalue weighted by Gasteiger charge is -2.09. The first kappa shape index (κ1) is 13.4. The van der Waals surface area contributed by atoms with Crippen molar-refractivity contribution in [2.45, 2.75) is 6.92 Å². The second-order valence-corrected chi connectivity index (χ2v) is 4.14. The summed E-state index contributed by atoms with van der Waals surface area (Å²) in [4.78, 5) is 11.7. The zero-order chi connectivity index (χ0) is 13.5. The molecule has 2 aromatic rings. The van der Waals surface area contributed by atoms with Crippen LogP contribution in [0.3, 0.4) is 0 Å². The number of fused-ring (bicyclic) bond motifs is 1. The Morgan fingerprint density at radius 1 is 1.16 bits per heavy atom. The second-order valence-electron chi connectivity index (χ2n) is 4.14. The van der Waals surface area contributed by atoms with E-state index in [1.54, 1.807) is 0 Å². The third kappa shape index (κ3) is 3.69. The topological polar surface area (TPSA) is 50.4 Å². The molecule has 19 heavy (non-hydrogen) atoms. The lowest BCUT2D eigenvalue weighted by Crippen LogP contribution is -2.23. The summed E-state index contributed by atoms with van der Waals surface area (Å²) in [6.45, 7) is 3.91. The Balaban J connectivity index is 1.99. The molecule has 1 amide bonds. The van der Waals surface area contributed by atoms with Crippen molar-refractivity contribution in [2.24, 2.45) is 0 Å². The Morgan fingerprint density at radius 3 is 2.79 bits per heavy atom. The summed E-state index contributed by atoms with van der Waals surface area (Å²) in [6, 6.07) is 13.7. The zero-order valence-electron chi connectivity index (χ0n) is 11.0. The number of likely N-dealkylation sites (N-methyl/N-ethyl adjacent to an activating group) is 1. The first-order valence-corrected chi connectivity index (χ1v) is 6.43. The molecule has 0 aliphatic heterocycles. The number of ether oxygens (including phenoxy) is 1. The molecule has 0 radical (unpaired) electrons. The van der Waals surface area contributed by atoms with Crippen molar-refractivity contribution in [1.82, 2.24) is 5.32 Å². The fourth-order valence-electron chi connectivity index (χ4n) is 1.87. The first-order chi connectivity index (χ1) is 9.31. The number of amides is 1. The molecule has 0 fully saturated rings. The van der Waals surface area contributed by atoms with E-state index < -0.39 is 6.09 Å². The fourth-order valence-corrected chi connectivity index (χ4v) is 1.87. The molecule has 0 atom stereocenters. The number of nitrogens with one attached hydrogen (secondary N) is 2. The number of carbonyl (C=O) groups is 1. The molecule has 0 unspecified atom stereocenters. The maximum Gasteiger partial charge on any atom is 0.411 e. The Labute approximate surface area is 112 Å². The Kier molecular flexibility index (Phi) is 4.75. The highest BCUT2D eigenvalue weighted by Crippen LogP contribution is 2.22. The largest absolute Gasteiger partial charge is 0.448 e. The molecule has 0 spiro atoms. The molecule has 0 bridgehead atoms. The molecule has 0 heterocycles. The van der Waals surface area contributed by atoms with Crippen LogP contribution in [0.2, 0.25) is 0 Å². The Hall–Kier alpha value is -2.07. The Bertz CT molecular complexity index is 549. The Morgan fingerprint density at radius 2 is 1.95 bits per heavy atom. The number of hydrogen-bond donors (Lipinski definition) is 2. The van der Waals surface area contributed by atoms with Crippen LogP contribution in [0.25, 0.3) is 10.8 Å². The van der Waals surface area contributed by atoms with Crippen LogP contribution in [0, 0.1) is 0 Å². The van der Waals surface area contributed by atoms with E-state index in [1.165, 1.54) is 0 Å². The van der Waals surface area contributed by atoms with Crippen molar-refractivity contribution in [2.75, 3.05) is 25.0 Å². The van der Waals surface area contributed by atoms with Crippen molar-refractivity contribution >= 4 is 22.6 Å². The smallest absolute Gasteiger partial charge is 0.411 e. The molecule has 100 valence electrons. The summed E-state index contributed by atoms with van der Waals surface area (Å²) in [5.41, 5.74) is 0.770. The van der Waals surface area contributed by atoms with Gasteiger partial charge in [-0.05, 0) is 18.0 Å². The highest BCUT2D eigenvalue weighted by Gasteiger charge is 2.05. The highest BCUT2D eigenvalue weighted by molar-refractivity contribution is 6.00. The van der Waals surface area contributed by atoms with Crippen LogP contribution in [0.5, 0.6) is 0 Å². The number of rotatable bonds is 5. The molecule has 0 aliphatic carbocycles. The summed E-state index contributed by atoms with van der Waals surface area (Å²) in [6.07, 6.45) is -0.422. The van der Waals surface area contributed by atoms with Gasteiger partial charge in [0.25, 0.3) is 0 Å². The number of benzene rings is 2. The van der Waals surface area contributed by atoms with Crippen molar-refractivity contribution in [1.29, 1.82) is 0 Å². The molecule has 0 saturated heterocycles. The van der Waals surface area contributed by atoms with Crippen molar-refractivity contribution in [3.63, 3.8) is 0 Å². The minimum Gasteiger partial charge on any atom is -0.448 e. The summed E-state index contributed by atoms with van der Waals surface area (Å²) in [7, 11) is 0. The van der Waals surface area contributed by atoms with Crippen LogP contribution in [0.1, 0.15) is 6.92 Å². The maximum atomic E-state index is 11.7. The predicted octanol–water partition coefficient (Wildman–Crippen LogP) is 3.00. The number of anilines is 1. The minimum absolute atomic E-state index is 0.366. The van der Waals surface area contributed by atoms with Gasteiger partial charge in [-0.1, -0.05) is 43.3 Å². The van der Waals surface area contributed by atoms with Crippen molar-refractivity contribution in [3.05, 3.63) is 42.5 Å². The second kappa shape index (κ2) is 6.75. The van der Waals surface area contributed by atoms with Crippen LogP contribution in [-0.4, -0.2) is 25.8 Å². The van der Waals surface area contributed by atoms with Gasteiger partial charge in [0.1, 0.15) is 6.61 Å². The highest BCUT2D eigenvalue weighted by atomic mass is 16.5. The lowest BCUT2D eigenvalue weighted by atomic mass is 10.1. The zero-order valence-corrected chi connectivity index (χ0v) is 11.0. The third-order valence-electron chi connectivity index (χ3n) is 2.79. The van der Waals surface area contributed by atoms with Gasteiger partial charge in [-0.15, -0.1) is 0 Å². The molecule has 0 aromatic heterocycles. The van der Waals surface area contributed by atoms with E-state index in [4.69, 9.17) is 4.74 Å². The molecule has 4 heteroatoms. The van der Waals surface area contributed by atoms with Gasteiger partial charge in [0.05, 0.1) is 5.69 Å². The van der Waals surface area contributed by atoms with Gasteiger partial charge in [-0.25, -0.2) is 4.79 Å². The minimum atomic E-state index is -0.422. The average Bonchev–Trinajstić information content (AvgIpc) is 2.44. The number of carbonyl (C=O) groups excluding carboxylic acids is 1. The van der Waals surface area contributed by atoms with Crippen molar-refractivity contribution < 1.29 is 9.53 Å². The van der Waals surface area contributed by atoms with E-state index >= 15 is 0 Å². The first-order valence-electron chi connectivity index (χ1n) is 6.43. The standard InChI is InChI=1S/C15H18N2O2/c1-2-16-10-11-19-15(18)17-14-9-5-7-12-6-3-4-8-13(12)14/h3-9,16H,2,10-11H2,1H3,(H,17,18). The third-order valence-corrected chi connectivity index (χ3v) is 2.79. The van der Waals surface area contributed by atoms with Crippen LogP contribution < -0.4 is 10.6 Å². The van der Waals surface area contributed by atoms with Gasteiger partial charge < -0.3 is 10.1 Å². The van der Waals surface area contributed by atoms with Gasteiger partial charge in [0.15, 0.2) is 0 Å². The van der Waals surface area contributed by atoms with Gasteiger partial charge in [0, 0.05) is 11.9 Å². The van der Waals surface area contributed by atoms with E-state index in [0.29, 0.717) is 13.2 Å². The van der Waals surface area contributed by atoms with E-state index in [-0.39, 0.29) is 0 Å². The van der Waals surface area contributed by atoms with E-state index in [2.05, 4.69) is 10.6 Å². The molecule has 4 nitrogen and oxygen atoms in total. The predicted molar refractivity (Wildman–Crippen MR) is 77.5 cm³/mol. The quantitative estimate of drug-likeness (QED) is 0.811.